The van der Waals surface area contributed by atoms with Crippen LogP contribution in [0.3, 0.4) is 0 Å². The highest BCUT2D eigenvalue weighted by Crippen LogP contribution is 2.35. The number of hydrogen-bond acceptors (Lipinski definition) is 0. The number of halogens is 6. The van der Waals surface area contributed by atoms with Crippen LogP contribution in [0.4, 0.5) is 26.3 Å². The van der Waals surface area contributed by atoms with Gasteiger partial charge in [0.1, 0.15) is 0 Å². The molecule has 0 spiro atoms. The summed E-state index contributed by atoms with van der Waals surface area (Å²) in [6.45, 7) is 0. The number of hydrogen-bond donors (Lipinski definition) is 0. The van der Waals surface area contributed by atoms with E-state index in [2.05, 4.69) is 48.6 Å². The lowest BCUT2D eigenvalue weighted by atomic mass is 9.93. The minimum absolute atomic E-state index is 0.662. The van der Waals surface area contributed by atoms with Crippen molar-refractivity contribution in [3.05, 3.63) is 261 Å². The van der Waals surface area contributed by atoms with Crippen molar-refractivity contribution >= 4 is 58.4 Å². The van der Waals surface area contributed by atoms with Crippen molar-refractivity contribution in [3.63, 3.8) is 0 Å². The summed E-state index contributed by atoms with van der Waals surface area (Å²) in [5.74, 6) is 0. The number of alkyl halides is 6. The molecule has 8 aromatic carbocycles. The first-order valence-corrected chi connectivity index (χ1v) is 20.0. The summed E-state index contributed by atoms with van der Waals surface area (Å²) < 4.78 is 80.9. The molecule has 8 rings (SSSR count). The van der Waals surface area contributed by atoms with Crippen molar-refractivity contribution in [1.82, 2.24) is 0 Å². The fourth-order valence-corrected chi connectivity index (χ4v) is 7.40. The number of rotatable bonds is 10. The zero-order valence-corrected chi connectivity index (χ0v) is 33.2. The maximum atomic E-state index is 13.5. The van der Waals surface area contributed by atoms with Crippen LogP contribution in [0.5, 0.6) is 0 Å². The fraction of sp³-hybridized carbons (Fsp3) is 0.0357. The third kappa shape index (κ3) is 9.77. The Labute approximate surface area is 356 Å². The predicted molar refractivity (Wildman–Crippen MR) is 244 cm³/mol. The molecule has 0 bridgehead atoms. The van der Waals surface area contributed by atoms with Crippen LogP contribution in [0.25, 0.3) is 58.4 Å². The Morgan fingerprint density at radius 2 is 0.581 bits per heavy atom. The summed E-state index contributed by atoms with van der Waals surface area (Å²) >= 11 is 0. The Kier molecular flexibility index (Phi) is 12.0. The van der Waals surface area contributed by atoms with Gasteiger partial charge in [0.2, 0.25) is 0 Å². The van der Waals surface area contributed by atoms with E-state index >= 15 is 0 Å². The van der Waals surface area contributed by atoms with Gasteiger partial charge >= 0.3 is 12.4 Å². The summed E-state index contributed by atoms with van der Waals surface area (Å²) in [6, 6.07) is 58.0. The molecule has 304 valence electrons. The molecule has 0 fully saturated rings. The summed E-state index contributed by atoms with van der Waals surface area (Å²) in [4.78, 5) is 0. The molecule has 0 aliphatic carbocycles. The van der Waals surface area contributed by atoms with E-state index in [1.807, 2.05) is 133 Å². The molecule has 0 heterocycles. The zero-order valence-electron chi connectivity index (χ0n) is 33.2. The zero-order chi connectivity index (χ0) is 43.1. The Hall–Kier alpha value is -7.44. The Morgan fingerprint density at radius 3 is 0.935 bits per heavy atom. The smallest absolute Gasteiger partial charge is 0.166 e. The average Bonchev–Trinajstić information content (AvgIpc) is 3.29. The number of fused-ring (bicyclic) bond motifs is 1. The molecule has 0 aromatic heterocycles. The molecule has 0 atom stereocenters. The van der Waals surface area contributed by atoms with Crippen LogP contribution in [0.1, 0.15) is 66.8 Å². The molecule has 8 aromatic rings. The molecule has 0 N–H and O–H groups in total. The third-order valence-electron chi connectivity index (χ3n) is 10.6. The van der Waals surface area contributed by atoms with Gasteiger partial charge in [-0.05, 0) is 126 Å². The van der Waals surface area contributed by atoms with E-state index in [1.165, 1.54) is 24.3 Å². The van der Waals surface area contributed by atoms with Crippen LogP contribution in [-0.2, 0) is 12.4 Å². The van der Waals surface area contributed by atoms with E-state index in [-0.39, 0.29) is 0 Å². The normalized spacial score (nSPS) is 12.7. The van der Waals surface area contributed by atoms with Gasteiger partial charge in [0.25, 0.3) is 0 Å². The quantitative estimate of drug-likeness (QED) is 0.0952. The van der Waals surface area contributed by atoms with Crippen LogP contribution in [0.15, 0.2) is 194 Å². The first-order chi connectivity index (χ1) is 30.0. The molecule has 62 heavy (non-hydrogen) atoms. The largest absolute Gasteiger partial charge is 0.416 e. The first-order valence-electron chi connectivity index (χ1n) is 20.0. The van der Waals surface area contributed by atoms with Crippen LogP contribution in [0.2, 0.25) is 0 Å². The molecule has 0 radical (unpaired) electrons. The van der Waals surface area contributed by atoms with Gasteiger partial charge in [0.05, 0.1) is 11.1 Å². The van der Waals surface area contributed by atoms with Crippen molar-refractivity contribution in [1.29, 1.82) is 0 Å². The van der Waals surface area contributed by atoms with Gasteiger partial charge in [-0.1, -0.05) is 182 Å². The van der Waals surface area contributed by atoms with Crippen molar-refractivity contribution in [2.45, 2.75) is 12.4 Å². The second kappa shape index (κ2) is 18.0. The van der Waals surface area contributed by atoms with Crippen LogP contribution >= 0.6 is 0 Å². The topological polar surface area (TPSA) is 0 Å². The van der Waals surface area contributed by atoms with E-state index in [0.29, 0.717) is 11.1 Å². The van der Waals surface area contributed by atoms with Crippen LogP contribution in [0, 0.1) is 0 Å². The SMILES string of the molecule is FC(F)(F)c1ccc(/C(=C\c2ccccc2C=Cc2cc3ccccc3cc2C=Cc2ccccc2/C=C(/c2ccccc2)c2ccc(C(F)(F)F)cc2)c2ccccc2)cc1. The Bertz CT molecular complexity index is 2730. The molecule has 6 heteroatoms. The van der Waals surface area contributed by atoms with Gasteiger partial charge in [-0.25, -0.2) is 0 Å². The first kappa shape index (κ1) is 41.3. The fourth-order valence-electron chi connectivity index (χ4n) is 7.40. The minimum atomic E-state index is -4.44. The van der Waals surface area contributed by atoms with Gasteiger partial charge in [-0.3, -0.25) is 0 Å². The van der Waals surface area contributed by atoms with Crippen molar-refractivity contribution in [2.75, 3.05) is 0 Å². The second-order valence-electron chi connectivity index (χ2n) is 14.8. The maximum Gasteiger partial charge on any atom is 0.416 e. The highest BCUT2D eigenvalue weighted by Gasteiger charge is 2.31. The van der Waals surface area contributed by atoms with Gasteiger partial charge in [0, 0.05) is 0 Å². The lowest BCUT2D eigenvalue weighted by Gasteiger charge is -2.13. The second-order valence-corrected chi connectivity index (χ2v) is 14.8. The highest BCUT2D eigenvalue weighted by atomic mass is 19.4. The Balaban J connectivity index is 1.18. The molecule has 0 unspecified atom stereocenters. The van der Waals surface area contributed by atoms with Crippen molar-refractivity contribution in [2.24, 2.45) is 0 Å². The highest BCUT2D eigenvalue weighted by molar-refractivity contribution is 5.96. The lowest BCUT2D eigenvalue weighted by Crippen LogP contribution is -2.04. The summed E-state index contributed by atoms with van der Waals surface area (Å²) in [5, 5.41) is 2.14. The van der Waals surface area contributed by atoms with Crippen molar-refractivity contribution in [3.8, 4) is 0 Å². The molecular formula is C56H38F6. The summed E-state index contributed by atoms with van der Waals surface area (Å²) in [5.41, 5.74) is 8.80. The number of benzene rings is 8. The molecule has 0 saturated carbocycles. The predicted octanol–water partition coefficient (Wildman–Crippen LogP) is 16.4. The van der Waals surface area contributed by atoms with E-state index in [4.69, 9.17) is 0 Å². The maximum absolute atomic E-state index is 13.5. The summed E-state index contributed by atoms with van der Waals surface area (Å²) in [7, 11) is 0. The minimum Gasteiger partial charge on any atom is -0.166 e. The van der Waals surface area contributed by atoms with Gasteiger partial charge in [-0.15, -0.1) is 0 Å². The third-order valence-corrected chi connectivity index (χ3v) is 10.6. The summed E-state index contributed by atoms with van der Waals surface area (Å²) in [6.07, 6.45) is 3.40. The molecule has 0 nitrogen and oxygen atoms in total. The monoisotopic (exact) mass is 824 g/mol. The van der Waals surface area contributed by atoms with Gasteiger partial charge in [0.15, 0.2) is 0 Å². The van der Waals surface area contributed by atoms with E-state index in [9.17, 15) is 26.3 Å². The Morgan fingerprint density at radius 1 is 0.290 bits per heavy atom. The van der Waals surface area contributed by atoms with Crippen LogP contribution in [-0.4, -0.2) is 0 Å². The molecule has 0 amide bonds. The van der Waals surface area contributed by atoms with E-state index in [1.54, 1.807) is 0 Å². The van der Waals surface area contributed by atoms with Crippen LogP contribution < -0.4 is 0 Å². The van der Waals surface area contributed by atoms with Gasteiger partial charge in [-0.2, -0.15) is 26.3 Å². The average molecular weight is 825 g/mol. The molecular weight excluding hydrogens is 787 g/mol. The van der Waals surface area contributed by atoms with E-state index < -0.39 is 23.5 Å². The molecule has 0 aliphatic rings. The molecule has 0 aliphatic heterocycles. The standard InChI is InChI=1S/C56H38F6/c57-55(58,59)51-31-27-43(28-32-51)53(41-15-3-1-4-16-41)37-47-21-9-7-13-39(47)23-25-49-35-45-19-11-12-20-46(45)36-50(49)26-24-40-14-8-10-22-48(40)38-54(42-17-5-2-6-18-42)44-29-33-52(34-30-44)56(60,61)62/h1-38H/b25-23?,26-24?,53-37-,54-38-. The molecule has 0 saturated heterocycles. The lowest BCUT2D eigenvalue weighted by molar-refractivity contribution is -0.138. The van der Waals surface area contributed by atoms with Gasteiger partial charge < -0.3 is 0 Å². The van der Waals surface area contributed by atoms with E-state index in [0.717, 1.165) is 90.7 Å². The van der Waals surface area contributed by atoms with Crippen molar-refractivity contribution < 1.29 is 26.3 Å².